The molecule has 1 fully saturated rings. The van der Waals surface area contributed by atoms with E-state index >= 15 is 0 Å². The van der Waals surface area contributed by atoms with Gasteiger partial charge < -0.3 is 15.0 Å². The Labute approximate surface area is 162 Å². The van der Waals surface area contributed by atoms with Gasteiger partial charge in [-0.1, -0.05) is 27.7 Å². The number of benzene rings is 1. The second kappa shape index (κ2) is 9.52. The Balaban J connectivity index is 2.45. The molecule has 1 atom stereocenters. The van der Waals surface area contributed by atoms with E-state index in [1.165, 1.54) is 4.31 Å². The summed E-state index contributed by atoms with van der Waals surface area (Å²) in [6.45, 7) is 10.9. The normalized spacial score (nSPS) is 16.4. The molecule has 2 rings (SSSR count). The van der Waals surface area contributed by atoms with Gasteiger partial charge in [0.1, 0.15) is 0 Å². The maximum absolute atomic E-state index is 12.9. The summed E-state index contributed by atoms with van der Waals surface area (Å²) < 4.78 is 32.6. The van der Waals surface area contributed by atoms with Crippen molar-refractivity contribution in [3.63, 3.8) is 0 Å². The number of rotatable bonds is 8. The maximum Gasteiger partial charge on any atom is 0.243 e. The fourth-order valence-electron chi connectivity index (χ4n) is 3.01. The molecule has 27 heavy (non-hydrogen) atoms. The number of anilines is 2. The molecule has 1 heterocycles. The summed E-state index contributed by atoms with van der Waals surface area (Å²) in [5, 5.41) is 2.94. The van der Waals surface area contributed by atoms with Gasteiger partial charge >= 0.3 is 0 Å². The van der Waals surface area contributed by atoms with Gasteiger partial charge in [-0.25, -0.2) is 8.42 Å². The van der Waals surface area contributed by atoms with E-state index in [9.17, 15) is 13.2 Å². The second-order valence-electron chi connectivity index (χ2n) is 6.67. The van der Waals surface area contributed by atoms with Gasteiger partial charge in [0.2, 0.25) is 15.9 Å². The van der Waals surface area contributed by atoms with Crippen molar-refractivity contribution in [1.29, 1.82) is 0 Å². The molecule has 1 aliphatic rings. The van der Waals surface area contributed by atoms with Crippen molar-refractivity contribution in [2.24, 2.45) is 5.92 Å². The largest absolute Gasteiger partial charge is 0.378 e. The van der Waals surface area contributed by atoms with E-state index < -0.39 is 10.0 Å². The fraction of sp³-hybridized carbons (Fsp3) is 0.632. The monoisotopic (exact) mass is 397 g/mol. The summed E-state index contributed by atoms with van der Waals surface area (Å²) in [6, 6.07) is 4.99. The molecule has 1 aromatic carbocycles. The first kappa shape index (κ1) is 21.7. The van der Waals surface area contributed by atoms with Crippen LogP contribution in [0, 0.1) is 5.92 Å². The third-order valence-electron chi connectivity index (χ3n) is 4.98. The Kier molecular flexibility index (Phi) is 7.64. The Morgan fingerprint density at radius 2 is 1.85 bits per heavy atom. The third kappa shape index (κ3) is 5.00. The van der Waals surface area contributed by atoms with E-state index in [0.717, 1.165) is 12.1 Å². The molecule has 0 spiro atoms. The molecule has 1 aliphatic heterocycles. The zero-order valence-electron chi connectivity index (χ0n) is 16.7. The molecule has 0 aliphatic carbocycles. The highest BCUT2D eigenvalue weighted by molar-refractivity contribution is 7.89. The predicted octanol–water partition coefficient (Wildman–Crippen LogP) is 2.54. The lowest BCUT2D eigenvalue weighted by Gasteiger charge is -2.31. The molecule has 7 nitrogen and oxygen atoms in total. The molecule has 0 aromatic heterocycles. The van der Waals surface area contributed by atoms with E-state index in [-0.39, 0.29) is 16.7 Å². The number of nitrogens with one attached hydrogen (secondary N) is 1. The molecular formula is C19H31N3O4S. The first-order chi connectivity index (χ1) is 12.8. The average Bonchev–Trinajstić information content (AvgIpc) is 2.68. The minimum Gasteiger partial charge on any atom is -0.378 e. The molecule has 0 bridgehead atoms. The number of amides is 1. The van der Waals surface area contributed by atoms with Gasteiger partial charge in [0.05, 0.1) is 29.5 Å². The summed E-state index contributed by atoms with van der Waals surface area (Å²) in [6.07, 6.45) is 0.718. The van der Waals surface area contributed by atoms with Gasteiger partial charge in [-0.2, -0.15) is 4.31 Å². The zero-order chi connectivity index (χ0) is 20.0. The van der Waals surface area contributed by atoms with Crippen molar-refractivity contribution < 1.29 is 17.9 Å². The van der Waals surface area contributed by atoms with E-state index in [2.05, 4.69) is 10.2 Å². The first-order valence-corrected chi connectivity index (χ1v) is 11.1. The highest BCUT2D eigenvalue weighted by Crippen LogP contribution is 2.31. The SMILES string of the molecule is CC[C@H](C)C(=O)Nc1cc(S(=O)(=O)N(CC)CC)ccc1N1CCOCC1. The van der Waals surface area contributed by atoms with Crippen molar-refractivity contribution >= 4 is 27.3 Å². The summed E-state index contributed by atoms with van der Waals surface area (Å²) in [4.78, 5) is 14.8. The summed E-state index contributed by atoms with van der Waals surface area (Å²) in [5.74, 6) is -0.255. The smallest absolute Gasteiger partial charge is 0.243 e. The van der Waals surface area contributed by atoms with Crippen molar-refractivity contribution in [1.82, 2.24) is 4.31 Å². The van der Waals surface area contributed by atoms with Crippen LogP contribution in [0.3, 0.4) is 0 Å². The number of nitrogens with zero attached hydrogens (tertiary/aromatic N) is 2. The van der Waals surface area contributed by atoms with Crippen LogP contribution >= 0.6 is 0 Å². The van der Waals surface area contributed by atoms with Gasteiger partial charge in [0, 0.05) is 32.1 Å². The molecule has 152 valence electrons. The van der Waals surface area contributed by atoms with E-state index in [1.807, 2.05) is 27.7 Å². The number of sulfonamides is 1. The first-order valence-electron chi connectivity index (χ1n) is 9.62. The number of carbonyl (C=O) groups excluding carboxylic acids is 1. The lowest BCUT2D eigenvalue weighted by Crippen LogP contribution is -2.37. The van der Waals surface area contributed by atoms with Crippen LogP contribution in [0.25, 0.3) is 0 Å². The van der Waals surface area contributed by atoms with Crippen LogP contribution in [0.5, 0.6) is 0 Å². The topological polar surface area (TPSA) is 79.0 Å². The lowest BCUT2D eigenvalue weighted by molar-refractivity contribution is -0.119. The van der Waals surface area contributed by atoms with E-state index in [1.54, 1.807) is 18.2 Å². The zero-order valence-corrected chi connectivity index (χ0v) is 17.5. The minimum atomic E-state index is -3.59. The summed E-state index contributed by atoms with van der Waals surface area (Å²) in [5.41, 5.74) is 1.36. The molecule has 0 saturated carbocycles. The minimum absolute atomic E-state index is 0.107. The Morgan fingerprint density at radius 3 is 2.41 bits per heavy atom. The second-order valence-corrected chi connectivity index (χ2v) is 8.60. The van der Waals surface area contributed by atoms with Crippen LogP contribution in [-0.4, -0.2) is 58.0 Å². The molecular weight excluding hydrogens is 366 g/mol. The highest BCUT2D eigenvalue weighted by Gasteiger charge is 2.25. The molecule has 8 heteroatoms. The maximum atomic E-state index is 12.9. The Morgan fingerprint density at radius 1 is 1.22 bits per heavy atom. The molecule has 1 N–H and O–H groups in total. The van der Waals surface area contributed by atoms with Gasteiger partial charge in [-0.15, -0.1) is 0 Å². The van der Waals surface area contributed by atoms with Crippen LogP contribution in [0.4, 0.5) is 11.4 Å². The Hall–Kier alpha value is -1.64. The van der Waals surface area contributed by atoms with Gasteiger partial charge in [-0.3, -0.25) is 4.79 Å². The van der Waals surface area contributed by atoms with Crippen molar-refractivity contribution in [2.45, 2.75) is 39.0 Å². The van der Waals surface area contributed by atoms with Gasteiger partial charge in [0.25, 0.3) is 0 Å². The fourth-order valence-corrected chi connectivity index (χ4v) is 4.49. The molecule has 1 aromatic rings. The average molecular weight is 398 g/mol. The number of ether oxygens (including phenoxy) is 1. The number of hydrogen-bond donors (Lipinski definition) is 1. The van der Waals surface area contributed by atoms with Crippen LogP contribution in [-0.2, 0) is 19.6 Å². The quantitative estimate of drug-likeness (QED) is 0.729. The summed E-state index contributed by atoms with van der Waals surface area (Å²) in [7, 11) is -3.59. The highest BCUT2D eigenvalue weighted by atomic mass is 32.2. The van der Waals surface area contributed by atoms with E-state index in [4.69, 9.17) is 4.74 Å². The molecule has 0 radical (unpaired) electrons. The molecule has 0 unspecified atom stereocenters. The molecule has 1 saturated heterocycles. The predicted molar refractivity (Wildman–Crippen MR) is 108 cm³/mol. The summed E-state index contributed by atoms with van der Waals surface area (Å²) >= 11 is 0. The van der Waals surface area contributed by atoms with Crippen LogP contribution in [0.1, 0.15) is 34.1 Å². The van der Waals surface area contributed by atoms with Crippen LogP contribution in [0.15, 0.2) is 23.1 Å². The van der Waals surface area contributed by atoms with Crippen molar-refractivity contribution in [2.75, 3.05) is 49.6 Å². The van der Waals surface area contributed by atoms with Gasteiger partial charge in [-0.05, 0) is 24.6 Å². The number of carbonyl (C=O) groups is 1. The van der Waals surface area contributed by atoms with Crippen LogP contribution in [0.2, 0.25) is 0 Å². The van der Waals surface area contributed by atoms with Crippen LogP contribution < -0.4 is 10.2 Å². The van der Waals surface area contributed by atoms with E-state index in [0.29, 0.717) is 45.1 Å². The van der Waals surface area contributed by atoms with Gasteiger partial charge in [0.15, 0.2) is 0 Å². The van der Waals surface area contributed by atoms with Crippen molar-refractivity contribution in [3.8, 4) is 0 Å². The Bertz CT molecular complexity index is 741. The van der Waals surface area contributed by atoms with Crippen molar-refractivity contribution in [3.05, 3.63) is 18.2 Å². The molecule has 1 amide bonds. The lowest BCUT2D eigenvalue weighted by atomic mass is 10.1. The number of morpholine rings is 1. The standard InChI is InChI=1S/C19H31N3O4S/c1-5-15(4)19(23)20-17-14-16(27(24,25)22(6-2)7-3)8-9-18(17)21-10-12-26-13-11-21/h8-9,14-15H,5-7,10-13H2,1-4H3,(H,20,23)/t15-/m0/s1. The number of hydrogen-bond acceptors (Lipinski definition) is 5. The third-order valence-corrected chi connectivity index (χ3v) is 7.03.